The molecule has 0 bridgehead atoms. The van der Waals surface area contributed by atoms with Crippen molar-refractivity contribution in [2.24, 2.45) is 0 Å². The van der Waals surface area contributed by atoms with E-state index in [9.17, 15) is 0 Å². The molecule has 12 heavy (non-hydrogen) atoms. The van der Waals surface area contributed by atoms with Crippen LogP contribution in [0, 0.1) is 0 Å². The van der Waals surface area contributed by atoms with Gasteiger partial charge in [0.25, 0.3) is 0 Å². The Bertz CT molecular complexity index is 216. The average molecular weight is 270 g/mol. The first kappa shape index (κ1) is 12.1. The van der Waals surface area contributed by atoms with E-state index < -0.39 is 0 Å². The molecular formula is C10H13ClRu+2. The van der Waals surface area contributed by atoms with Crippen LogP contribution < -0.4 is 0 Å². The van der Waals surface area contributed by atoms with E-state index in [4.69, 9.17) is 11.6 Å². The maximum atomic E-state index is 5.66. The fourth-order valence-corrected chi connectivity index (χ4v) is 1.17. The zero-order valence-electron chi connectivity index (χ0n) is 7.33. The minimum atomic E-state index is 0. The van der Waals surface area contributed by atoms with Gasteiger partial charge in [0, 0.05) is 5.88 Å². The summed E-state index contributed by atoms with van der Waals surface area (Å²) in [6.07, 6.45) is 0. The molecule has 0 nitrogen and oxygen atoms in total. The third kappa shape index (κ3) is 3.25. The van der Waals surface area contributed by atoms with Crippen LogP contribution in [0.2, 0.25) is 0 Å². The second-order valence-corrected chi connectivity index (χ2v) is 3.30. The molecule has 0 aromatic heterocycles. The van der Waals surface area contributed by atoms with Gasteiger partial charge in [-0.05, 0) is 17.0 Å². The van der Waals surface area contributed by atoms with Crippen LogP contribution in [-0.2, 0) is 25.4 Å². The average Bonchev–Trinajstić information content (AvgIpc) is 2.05. The molecule has 1 aromatic carbocycles. The van der Waals surface area contributed by atoms with Crippen molar-refractivity contribution in [3.05, 3.63) is 35.4 Å². The Labute approximate surface area is 92.1 Å². The van der Waals surface area contributed by atoms with E-state index in [0.29, 0.717) is 11.8 Å². The van der Waals surface area contributed by atoms with E-state index in [1.165, 1.54) is 11.1 Å². The van der Waals surface area contributed by atoms with Gasteiger partial charge in [-0.3, -0.25) is 0 Å². The zero-order valence-corrected chi connectivity index (χ0v) is 9.82. The van der Waals surface area contributed by atoms with Crippen molar-refractivity contribution in [3.63, 3.8) is 0 Å². The summed E-state index contributed by atoms with van der Waals surface area (Å²) in [4.78, 5) is 0. The monoisotopic (exact) mass is 270 g/mol. The van der Waals surface area contributed by atoms with Gasteiger partial charge in [0.1, 0.15) is 0 Å². The molecule has 0 unspecified atom stereocenters. The molecule has 0 heterocycles. The largest absolute Gasteiger partial charge is 2.00 e. The molecule has 2 heteroatoms. The number of alkyl halides is 1. The van der Waals surface area contributed by atoms with Gasteiger partial charge >= 0.3 is 19.5 Å². The summed E-state index contributed by atoms with van der Waals surface area (Å²) in [5.41, 5.74) is 2.56. The summed E-state index contributed by atoms with van der Waals surface area (Å²) in [5, 5.41) is 0. The fourth-order valence-electron chi connectivity index (χ4n) is 0.992. The van der Waals surface area contributed by atoms with Crippen molar-refractivity contribution in [3.8, 4) is 0 Å². The summed E-state index contributed by atoms with van der Waals surface area (Å²) in [6, 6.07) is 8.45. The second-order valence-electron chi connectivity index (χ2n) is 3.03. The van der Waals surface area contributed by atoms with Crippen LogP contribution in [0.1, 0.15) is 30.9 Å². The molecule has 0 radical (unpaired) electrons. The molecule has 0 spiro atoms. The van der Waals surface area contributed by atoms with E-state index in [1.54, 1.807) is 0 Å². The summed E-state index contributed by atoms with van der Waals surface area (Å²) < 4.78 is 0. The number of hydrogen-bond donors (Lipinski definition) is 0. The van der Waals surface area contributed by atoms with E-state index in [1.807, 2.05) is 0 Å². The van der Waals surface area contributed by atoms with E-state index >= 15 is 0 Å². The molecule has 0 saturated heterocycles. The van der Waals surface area contributed by atoms with Crippen LogP contribution in [0.15, 0.2) is 24.3 Å². The molecule has 0 fully saturated rings. The van der Waals surface area contributed by atoms with Crippen molar-refractivity contribution in [2.75, 3.05) is 0 Å². The Morgan fingerprint density at radius 3 is 2.00 bits per heavy atom. The first-order valence-electron chi connectivity index (χ1n) is 3.89. The van der Waals surface area contributed by atoms with Gasteiger partial charge in [-0.15, -0.1) is 11.6 Å². The van der Waals surface area contributed by atoms with Crippen molar-refractivity contribution in [2.45, 2.75) is 25.6 Å². The molecule has 0 amide bonds. The molecule has 0 atom stereocenters. The summed E-state index contributed by atoms with van der Waals surface area (Å²) >= 11 is 5.66. The standard InChI is InChI=1S/C10H13Cl.Ru/c1-8(2)10-5-3-9(7-11)4-6-10;/h3-6,8H,7H2,1-2H3;/q;+2. The predicted molar refractivity (Wildman–Crippen MR) is 50.1 cm³/mol. The van der Waals surface area contributed by atoms with Gasteiger partial charge in [-0.25, -0.2) is 0 Å². The first-order chi connectivity index (χ1) is 5.24. The number of rotatable bonds is 2. The fraction of sp³-hybridized carbons (Fsp3) is 0.400. The Kier molecular flexibility index (Phi) is 5.79. The predicted octanol–water partition coefficient (Wildman–Crippen LogP) is 3.55. The SMILES string of the molecule is CC(C)c1ccc(CCl)cc1.[Ru+2]. The van der Waals surface area contributed by atoms with E-state index in [-0.39, 0.29) is 19.5 Å². The maximum absolute atomic E-state index is 5.66. The Morgan fingerprint density at radius 2 is 1.67 bits per heavy atom. The quantitative estimate of drug-likeness (QED) is 0.569. The van der Waals surface area contributed by atoms with Crippen LogP contribution in [0.3, 0.4) is 0 Å². The number of halogens is 1. The molecule has 1 rings (SSSR count). The van der Waals surface area contributed by atoms with Crippen LogP contribution in [0.25, 0.3) is 0 Å². The normalized spacial score (nSPS) is 9.67. The number of benzene rings is 1. The minimum absolute atomic E-state index is 0. The third-order valence-corrected chi connectivity index (χ3v) is 2.11. The molecular weight excluding hydrogens is 257 g/mol. The van der Waals surface area contributed by atoms with Crippen LogP contribution in [-0.4, -0.2) is 0 Å². The number of hydrogen-bond acceptors (Lipinski definition) is 0. The van der Waals surface area contributed by atoms with Crippen LogP contribution in [0.4, 0.5) is 0 Å². The molecule has 0 saturated carbocycles. The Hall–Kier alpha value is 0.133. The van der Waals surface area contributed by atoms with Gasteiger partial charge in [0.2, 0.25) is 0 Å². The second kappa shape index (κ2) is 5.72. The summed E-state index contributed by atoms with van der Waals surface area (Å²) in [5.74, 6) is 1.22. The topological polar surface area (TPSA) is 0 Å². The van der Waals surface area contributed by atoms with Crippen LogP contribution in [0.5, 0.6) is 0 Å². The molecule has 0 N–H and O–H groups in total. The van der Waals surface area contributed by atoms with Crippen molar-refractivity contribution < 1.29 is 19.5 Å². The van der Waals surface area contributed by atoms with Gasteiger partial charge in [0.05, 0.1) is 0 Å². The van der Waals surface area contributed by atoms with E-state index in [0.717, 1.165) is 0 Å². The smallest absolute Gasteiger partial charge is 0.122 e. The minimum Gasteiger partial charge on any atom is -0.122 e. The van der Waals surface area contributed by atoms with Crippen molar-refractivity contribution in [1.82, 2.24) is 0 Å². The summed E-state index contributed by atoms with van der Waals surface area (Å²) in [6.45, 7) is 4.38. The summed E-state index contributed by atoms with van der Waals surface area (Å²) in [7, 11) is 0. The maximum Gasteiger partial charge on any atom is 2.00 e. The van der Waals surface area contributed by atoms with Gasteiger partial charge in [-0.2, -0.15) is 0 Å². The molecule has 0 aliphatic rings. The first-order valence-corrected chi connectivity index (χ1v) is 4.42. The van der Waals surface area contributed by atoms with Crippen LogP contribution >= 0.6 is 11.6 Å². The third-order valence-electron chi connectivity index (χ3n) is 1.80. The van der Waals surface area contributed by atoms with Crippen molar-refractivity contribution in [1.29, 1.82) is 0 Å². The van der Waals surface area contributed by atoms with Gasteiger partial charge in [-0.1, -0.05) is 38.1 Å². The zero-order chi connectivity index (χ0) is 8.27. The van der Waals surface area contributed by atoms with Gasteiger partial charge < -0.3 is 0 Å². The Balaban J connectivity index is 0.00000121. The molecule has 66 valence electrons. The van der Waals surface area contributed by atoms with Gasteiger partial charge in [0.15, 0.2) is 0 Å². The molecule has 1 aromatic rings. The Morgan fingerprint density at radius 1 is 1.17 bits per heavy atom. The van der Waals surface area contributed by atoms with Crippen molar-refractivity contribution >= 4 is 11.6 Å². The molecule has 0 aliphatic heterocycles. The molecule has 0 aliphatic carbocycles. The van der Waals surface area contributed by atoms with E-state index in [2.05, 4.69) is 38.1 Å².